The van der Waals surface area contributed by atoms with E-state index in [2.05, 4.69) is 5.32 Å². The van der Waals surface area contributed by atoms with Gasteiger partial charge in [-0.2, -0.15) is 0 Å². The Morgan fingerprint density at radius 1 is 1.36 bits per heavy atom. The molecule has 1 amide bonds. The molecule has 0 radical (unpaired) electrons. The molecule has 0 aromatic heterocycles. The van der Waals surface area contributed by atoms with Crippen LogP contribution in [0.4, 0.5) is 0 Å². The van der Waals surface area contributed by atoms with Gasteiger partial charge in [-0.1, -0.05) is 23.7 Å². The van der Waals surface area contributed by atoms with Gasteiger partial charge in [0.05, 0.1) is 6.54 Å². The van der Waals surface area contributed by atoms with Crippen molar-refractivity contribution in [3.05, 3.63) is 34.9 Å². The molecule has 1 aromatic carbocycles. The van der Waals surface area contributed by atoms with Crippen LogP contribution in [0.2, 0.25) is 5.02 Å². The fourth-order valence-corrected chi connectivity index (χ4v) is 1.20. The van der Waals surface area contributed by atoms with Gasteiger partial charge in [-0.05, 0) is 24.1 Å². The quantitative estimate of drug-likeness (QED) is 0.781. The van der Waals surface area contributed by atoms with Crippen LogP contribution in [-0.4, -0.2) is 19.0 Å². The fourth-order valence-electron chi connectivity index (χ4n) is 1.07. The van der Waals surface area contributed by atoms with Crippen LogP contribution in [0.3, 0.4) is 0 Å². The highest BCUT2D eigenvalue weighted by Gasteiger charge is 1.96. The number of amides is 1. The summed E-state index contributed by atoms with van der Waals surface area (Å²) in [6.45, 7) is 0.651. The summed E-state index contributed by atoms with van der Waals surface area (Å²) >= 11 is 5.73. The molecule has 1 rings (SSSR count). The molecule has 4 heteroatoms. The Hall–Kier alpha value is -1.06. The number of carbonyl (C=O) groups excluding carboxylic acids is 1. The molecule has 0 aliphatic carbocycles. The van der Waals surface area contributed by atoms with Crippen molar-refractivity contribution < 1.29 is 4.79 Å². The third-order valence-electron chi connectivity index (χ3n) is 1.83. The molecule has 3 nitrogen and oxygen atoms in total. The van der Waals surface area contributed by atoms with E-state index in [0.717, 1.165) is 17.0 Å². The molecule has 0 unspecified atom stereocenters. The number of benzene rings is 1. The lowest BCUT2D eigenvalue weighted by Gasteiger charge is -2.03. The van der Waals surface area contributed by atoms with E-state index in [1.54, 1.807) is 0 Å². The summed E-state index contributed by atoms with van der Waals surface area (Å²) < 4.78 is 0. The summed E-state index contributed by atoms with van der Waals surface area (Å²) in [5.41, 5.74) is 6.29. The zero-order chi connectivity index (χ0) is 10.4. The molecule has 0 saturated heterocycles. The molecular weight excluding hydrogens is 200 g/mol. The SMILES string of the molecule is NCC(=O)NCCc1ccc(Cl)cc1. The van der Waals surface area contributed by atoms with Crippen molar-refractivity contribution in [3.63, 3.8) is 0 Å². The molecule has 0 fully saturated rings. The number of hydrogen-bond donors (Lipinski definition) is 2. The molecule has 76 valence electrons. The molecule has 3 N–H and O–H groups in total. The minimum absolute atomic E-state index is 0.0423. The van der Waals surface area contributed by atoms with E-state index in [4.69, 9.17) is 17.3 Å². The van der Waals surface area contributed by atoms with Gasteiger partial charge in [-0.15, -0.1) is 0 Å². The van der Waals surface area contributed by atoms with Crippen molar-refractivity contribution >= 4 is 17.5 Å². The summed E-state index contributed by atoms with van der Waals surface area (Å²) in [5, 5.41) is 3.42. The summed E-state index contributed by atoms with van der Waals surface area (Å²) in [6, 6.07) is 7.55. The summed E-state index contributed by atoms with van der Waals surface area (Å²) in [6.07, 6.45) is 0.795. The van der Waals surface area contributed by atoms with Crippen LogP contribution in [0.25, 0.3) is 0 Å². The van der Waals surface area contributed by atoms with Crippen LogP contribution in [0.5, 0.6) is 0 Å². The van der Waals surface area contributed by atoms with Gasteiger partial charge in [0.25, 0.3) is 0 Å². The molecule has 0 atom stereocenters. The summed E-state index contributed by atoms with van der Waals surface area (Å²) in [7, 11) is 0. The van der Waals surface area contributed by atoms with E-state index in [-0.39, 0.29) is 12.5 Å². The molecule has 0 aliphatic rings. The second-order valence-electron chi connectivity index (χ2n) is 2.93. The number of hydrogen-bond acceptors (Lipinski definition) is 2. The Morgan fingerprint density at radius 2 is 2.00 bits per heavy atom. The van der Waals surface area contributed by atoms with Crippen molar-refractivity contribution in [2.24, 2.45) is 5.73 Å². The fraction of sp³-hybridized carbons (Fsp3) is 0.300. The van der Waals surface area contributed by atoms with Crippen molar-refractivity contribution in [1.82, 2.24) is 5.32 Å². The van der Waals surface area contributed by atoms with Crippen LogP contribution in [0.15, 0.2) is 24.3 Å². The minimum Gasteiger partial charge on any atom is -0.355 e. The van der Waals surface area contributed by atoms with E-state index in [0.29, 0.717) is 6.54 Å². The molecule has 0 aliphatic heterocycles. The lowest BCUT2D eigenvalue weighted by Crippen LogP contribution is -2.31. The third-order valence-corrected chi connectivity index (χ3v) is 2.09. The van der Waals surface area contributed by atoms with Crippen molar-refractivity contribution in [2.75, 3.05) is 13.1 Å². The standard InChI is InChI=1S/C10H13ClN2O/c11-9-3-1-8(2-4-9)5-6-13-10(14)7-12/h1-4H,5-7,12H2,(H,13,14). The maximum absolute atomic E-state index is 10.8. The van der Waals surface area contributed by atoms with Gasteiger partial charge in [-0.25, -0.2) is 0 Å². The molecule has 0 bridgehead atoms. The molecular formula is C10H13ClN2O. The Kier molecular flexibility index (Phi) is 4.43. The lowest BCUT2D eigenvalue weighted by molar-refractivity contribution is -0.119. The highest BCUT2D eigenvalue weighted by molar-refractivity contribution is 6.30. The Morgan fingerprint density at radius 3 is 2.57 bits per heavy atom. The van der Waals surface area contributed by atoms with Crippen molar-refractivity contribution in [1.29, 1.82) is 0 Å². The Labute approximate surface area is 88.2 Å². The van der Waals surface area contributed by atoms with Gasteiger partial charge in [0, 0.05) is 11.6 Å². The minimum atomic E-state index is -0.126. The summed E-state index contributed by atoms with van der Waals surface area (Å²) in [4.78, 5) is 10.8. The number of halogens is 1. The van der Waals surface area contributed by atoms with Crippen LogP contribution < -0.4 is 11.1 Å². The monoisotopic (exact) mass is 212 g/mol. The zero-order valence-electron chi connectivity index (χ0n) is 7.79. The molecule has 0 spiro atoms. The van der Waals surface area contributed by atoms with Gasteiger partial charge < -0.3 is 11.1 Å². The normalized spacial score (nSPS) is 9.86. The topological polar surface area (TPSA) is 55.1 Å². The third kappa shape index (κ3) is 3.77. The maximum atomic E-state index is 10.8. The van der Waals surface area contributed by atoms with Gasteiger partial charge in [0.1, 0.15) is 0 Å². The first-order valence-electron chi connectivity index (χ1n) is 4.43. The molecule has 0 heterocycles. The van der Waals surface area contributed by atoms with Gasteiger partial charge in [0.15, 0.2) is 0 Å². The predicted octanol–water partition coefficient (Wildman–Crippen LogP) is 0.957. The highest BCUT2D eigenvalue weighted by Crippen LogP contribution is 2.09. The second kappa shape index (κ2) is 5.62. The first-order valence-corrected chi connectivity index (χ1v) is 4.81. The molecule has 0 saturated carbocycles. The van der Waals surface area contributed by atoms with Crippen LogP contribution >= 0.6 is 11.6 Å². The van der Waals surface area contributed by atoms with Crippen molar-refractivity contribution in [2.45, 2.75) is 6.42 Å². The van der Waals surface area contributed by atoms with Crippen molar-refractivity contribution in [3.8, 4) is 0 Å². The van der Waals surface area contributed by atoms with E-state index in [1.165, 1.54) is 0 Å². The number of rotatable bonds is 4. The van der Waals surface area contributed by atoms with E-state index < -0.39 is 0 Å². The van der Waals surface area contributed by atoms with E-state index >= 15 is 0 Å². The van der Waals surface area contributed by atoms with Crippen LogP contribution in [0, 0.1) is 0 Å². The maximum Gasteiger partial charge on any atom is 0.233 e. The van der Waals surface area contributed by atoms with Crippen LogP contribution in [-0.2, 0) is 11.2 Å². The number of nitrogens with one attached hydrogen (secondary N) is 1. The second-order valence-corrected chi connectivity index (χ2v) is 3.37. The van der Waals surface area contributed by atoms with Gasteiger partial charge >= 0.3 is 0 Å². The Bertz CT molecular complexity index is 297. The zero-order valence-corrected chi connectivity index (χ0v) is 8.55. The highest BCUT2D eigenvalue weighted by atomic mass is 35.5. The van der Waals surface area contributed by atoms with E-state index in [9.17, 15) is 4.79 Å². The molecule has 14 heavy (non-hydrogen) atoms. The first kappa shape index (κ1) is 11.0. The van der Waals surface area contributed by atoms with E-state index in [1.807, 2.05) is 24.3 Å². The lowest BCUT2D eigenvalue weighted by atomic mass is 10.1. The summed E-state index contributed by atoms with van der Waals surface area (Å²) in [5.74, 6) is -0.126. The average Bonchev–Trinajstić information content (AvgIpc) is 2.21. The first-order chi connectivity index (χ1) is 6.72. The predicted molar refractivity (Wildman–Crippen MR) is 57.2 cm³/mol. The molecule has 1 aromatic rings. The van der Waals surface area contributed by atoms with Crippen LogP contribution in [0.1, 0.15) is 5.56 Å². The largest absolute Gasteiger partial charge is 0.355 e. The van der Waals surface area contributed by atoms with Gasteiger partial charge in [0.2, 0.25) is 5.91 Å². The Balaban J connectivity index is 2.31. The number of nitrogens with two attached hydrogens (primary N) is 1. The van der Waals surface area contributed by atoms with Gasteiger partial charge in [-0.3, -0.25) is 4.79 Å². The smallest absolute Gasteiger partial charge is 0.233 e. The average molecular weight is 213 g/mol. The number of carbonyl (C=O) groups is 1.